The van der Waals surface area contributed by atoms with Gasteiger partial charge < -0.3 is 5.32 Å². The van der Waals surface area contributed by atoms with Gasteiger partial charge >= 0.3 is 0 Å². The number of thiazole rings is 1. The Balaban J connectivity index is 1.91. The zero-order chi connectivity index (χ0) is 14.1. The first-order valence-corrected chi connectivity index (χ1v) is 8.12. The fourth-order valence-electron chi connectivity index (χ4n) is 2.35. The molecule has 1 fully saturated rings. The van der Waals surface area contributed by atoms with E-state index in [9.17, 15) is 4.39 Å². The number of piperidine rings is 1. The molecule has 1 unspecified atom stereocenters. The highest BCUT2D eigenvalue weighted by molar-refractivity contribution is 7.10. The van der Waals surface area contributed by atoms with Crippen LogP contribution in [0, 0.1) is 5.82 Å². The Morgan fingerprint density at radius 1 is 1.25 bits per heavy atom. The molecule has 0 amide bonds. The van der Waals surface area contributed by atoms with Crippen molar-refractivity contribution in [2.75, 3.05) is 6.54 Å². The maximum atomic E-state index is 13.6. The maximum absolute atomic E-state index is 13.6. The Morgan fingerprint density at radius 2 is 2.10 bits per heavy atom. The smallest absolute Gasteiger partial charge is 0.142 e. The van der Waals surface area contributed by atoms with Gasteiger partial charge in [0, 0.05) is 10.9 Å². The molecule has 2 nitrogen and oxygen atoms in total. The first kappa shape index (κ1) is 14.3. The van der Waals surface area contributed by atoms with Crippen molar-refractivity contribution in [1.29, 1.82) is 0 Å². The average Bonchev–Trinajstić information content (AvgIpc) is 2.93. The first-order valence-electron chi connectivity index (χ1n) is 6.49. The summed E-state index contributed by atoms with van der Waals surface area (Å²) in [7, 11) is 0. The van der Waals surface area contributed by atoms with Gasteiger partial charge in [-0.25, -0.2) is 9.37 Å². The van der Waals surface area contributed by atoms with Crippen LogP contribution in [0.5, 0.6) is 0 Å². The van der Waals surface area contributed by atoms with E-state index in [1.165, 1.54) is 25.0 Å². The standard InChI is InChI=1S/C14H13Cl2FN2S/c15-9-6-10(16)11(17)5-8(9)13-7-20-14(19-13)12-3-1-2-4-18-12/h5-7,12,18H,1-4H2. The average molecular weight is 331 g/mol. The molecule has 6 heteroatoms. The molecule has 1 atom stereocenters. The molecular formula is C14H13Cl2FN2S. The maximum Gasteiger partial charge on any atom is 0.142 e. The molecule has 20 heavy (non-hydrogen) atoms. The summed E-state index contributed by atoms with van der Waals surface area (Å²) in [5, 5.41) is 6.86. The molecule has 1 aromatic carbocycles. The molecular weight excluding hydrogens is 318 g/mol. The van der Waals surface area contributed by atoms with E-state index in [-0.39, 0.29) is 5.02 Å². The molecule has 0 aliphatic carbocycles. The quantitative estimate of drug-likeness (QED) is 0.777. The van der Waals surface area contributed by atoms with Gasteiger partial charge in [0.2, 0.25) is 0 Å². The van der Waals surface area contributed by atoms with Crippen LogP contribution >= 0.6 is 34.5 Å². The lowest BCUT2D eigenvalue weighted by Gasteiger charge is -2.21. The van der Waals surface area contributed by atoms with Crippen LogP contribution in [-0.4, -0.2) is 11.5 Å². The summed E-state index contributed by atoms with van der Waals surface area (Å²) in [6.45, 7) is 1.02. The molecule has 1 aliphatic rings. The fourth-order valence-corrected chi connectivity index (χ4v) is 3.76. The Hall–Kier alpha value is -0.680. The zero-order valence-electron chi connectivity index (χ0n) is 10.6. The van der Waals surface area contributed by atoms with Gasteiger partial charge in [-0.3, -0.25) is 0 Å². The predicted molar refractivity (Wildman–Crippen MR) is 82.1 cm³/mol. The van der Waals surface area contributed by atoms with E-state index in [1.807, 2.05) is 5.38 Å². The van der Waals surface area contributed by atoms with Gasteiger partial charge in [-0.05, 0) is 31.5 Å². The van der Waals surface area contributed by atoms with Crippen molar-refractivity contribution < 1.29 is 4.39 Å². The molecule has 2 heterocycles. The number of halogens is 3. The Labute approximate surface area is 130 Å². The summed E-state index contributed by atoms with van der Waals surface area (Å²) < 4.78 is 13.6. The van der Waals surface area contributed by atoms with Crippen molar-refractivity contribution in [1.82, 2.24) is 10.3 Å². The highest BCUT2D eigenvalue weighted by atomic mass is 35.5. The second-order valence-electron chi connectivity index (χ2n) is 4.82. The van der Waals surface area contributed by atoms with E-state index >= 15 is 0 Å². The SMILES string of the molecule is Fc1cc(-c2csc(C3CCCCN3)n2)c(Cl)cc1Cl. The molecule has 1 saturated heterocycles. The van der Waals surface area contributed by atoms with Gasteiger partial charge in [-0.1, -0.05) is 29.6 Å². The second-order valence-corrected chi connectivity index (χ2v) is 6.52. The van der Waals surface area contributed by atoms with Crippen LogP contribution in [0.2, 0.25) is 10.0 Å². The van der Waals surface area contributed by atoms with Crippen LogP contribution < -0.4 is 5.32 Å². The predicted octanol–water partition coefficient (Wildman–Crippen LogP) is 5.07. The third-order valence-corrected chi connectivity index (χ3v) is 4.98. The molecule has 3 rings (SSSR count). The topological polar surface area (TPSA) is 24.9 Å². The molecule has 1 N–H and O–H groups in total. The minimum Gasteiger partial charge on any atom is -0.308 e. The minimum absolute atomic E-state index is 0.0307. The molecule has 1 aromatic heterocycles. The van der Waals surface area contributed by atoms with E-state index < -0.39 is 5.82 Å². The second kappa shape index (κ2) is 5.98. The first-order chi connectivity index (χ1) is 9.65. The van der Waals surface area contributed by atoms with Crippen LogP contribution in [0.1, 0.15) is 30.3 Å². The number of aromatic nitrogens is 1. The zero-order valence-corrected chi connectivity index (χ0v) is 13.0. The Kier molecular flexibility index (Phi) is 4.26. The van der Waals surface area contributed by atoms with Gasteiger partial charge in [0.15, 0.2) is 0 Å². The summed E-state index contributed by atoms with van der Waals surface area (Å²) in [6, 6.07) is 3.07. The lowest BCUT2D eigenvalue weighted by molar-refractivity contribution is 0.411. The number of hydrogen-bond acceptors (Lipinski definition) is 3. The van der Waals surface area contributed by atoms with E-state index in [0.717, 1.165) is 18.0 Å². The molecule has 2 aromatic rings. The van der Waals surface area contributed by atoms with E-state index in [1.54, 1.807) is 11.3 Å². The number of nitrogens with zero attached hydrogens (tertiary/aromatic N) is 1. The van der Waals surface area contributed by atoms with Crippen molar-refractivity contribution in [3.63, 3.8) is 0 Å². The lowest BCUT2D eigenvalue weighted by atomic mass is 10.1. The number of rotatable bonds is 2. The van der Waals surface area contributed by atoms with Crippen LogP contribution in [0.3, 0.4) is 0 Å². The number of nitrogens with one attached hydrogen (secondary N) is 1. The summed E-state index contributed by atoms with van der Waals surface area (Å²) in [5.41, 5.74) is 1.30. The van der Waals surface area contributed by atoms with Gasteiger partial charge in [0.1, 0.15) is 10.8 Å². The van der Waals surface area contributed by atoms with Crippen molar-refractivity contribution in [3.8, 4) is 11.3 Å². The third kappa shape index (κ3) is 2.84. The third-order valence-electron chi connectivity index (χ3n) is 3.42. The number of hydrogen-bond donors (Lipinski definition) is 1. The van der Waals surface area contributed by atoms with Crippen LogP contribution in [-0.2, 0) is 0 Å². The van der Waals surface area contributed by atoms with E-state index in [4.69, 9.17) is 23.2 Å². The Bertz CT molecular complexity index is 624. The molecule has 0 radical (unpaired) electrons. The van der Waals surface area contributed by atoms with Gasteiger partial charge in [0.05, 0.1) is 21.8 Å². The molecule has 1 aliphatic heterocycles. The van der Waals surface area contributed by atoms with Crippen molar-refractivity contribution in [2.24, 2.45) is 0 Å². The van der Waals surface area contributed by atoms with E-state index in [2.05, 4.69) is 10.3 Å². The largest absolute Gasteiger partial charge is 0.308 e. The van der Waals surface area contributed by atoms with Crippen molar-refractivity contribution >= 4 is 34.5 Å². The fraction of sp³-hybridized carbons (Fsp3) is 0.357. The highest BCUT2D eigenvalue weighted by Crippen LogP contribution is 2.35. The van der Waals surface area contributed by atoms with Gasteiger partial charge in [-0.2, -0.15) is 0 Å². The summed E-state index contributed by atoms with van der Waals surface area (Å²) >= 11 is 13.4. The summed E-state index contributed by atoms with van der Waals surface area (Å²) in [6.07, 6.45) is 3.52. The van der Waals surface area contributed by atoms with Gasteiger partial charge in [-0.15, -0.1) is 11.3 Å². The van der Waals surface area contributed by atoms with Crippen LogP contribution in [0.25, 0.3) is 11.3 Å². The Morgan fingerprint density at radius 3 is 2.85 bits per heavy atom. The molecule has 0 saturated carbocycles. The molecule has 106 valence electrons. The van der Waals surface area contributed by atoms with Crippen molar-refractivity contribution in [3.05, 3.63) is 38.4 Å². The normalized spacial score (nSPS) is 19.2. The van der Waals surface area contributed by atoms with Gasteiger partial charge in [0.25, 0.3) is 0 Å². The highest BCUT2D eigenvalue weighted by Gasteiger charge is 2.19. The van der Waals surface area contributed by atoms with Crippen LogP contribution in [0.4, 0.5) is 4.39 Å². The molecule has 0 spiro atoms. The summed E-state index contributed by atoms with van der Waals surface area (Å²) in [5.74, 6) is -0.476. The van der Waals surface area contributed by atoms with Crippen LogP contribution in [0.15, 0.2) is 17.5 Å². The monoisotopic (exact) mass is 330 g/mol. The minimum atomic E-state index is -0.476. The van der Waals surface area contributed by atoms with Crippen molar-refractivity contribution in [2.45, 2.75) is 25.3 Å². The molecule has 0 bridgehead atoms. The lowest BCUT2D eigenvalue weighted by Crippen LogP contribution is -2.26. The summed E-state index contributed by atoms with van der Waals surface area (Å²) in [4.78, 5) is 4.60. The van der Waals surface area contributed by atoms with E-state index in [0.29, 0.717) is 22.3 Å². The number of benzene rings is 1.